The van der Waals surface area contributed by atoms with Gasteiger partial charge in [-0.3, -0.25) is 0 Å². The molecule has 0 saturated heterocycles. The molecule has 240 valence electrons. The fourth-order valence-corrected chi connectivity index (χ4v) is 7.35. The van der Waals surface area contributed by atoms with Crippen LogP contribution in [0.15, 0.2) is 212 Å². The minimum absolute atomic E-state index is 1.10. The first-order chi connectivity index (χ1) is 25.3. The second-order valence-electron chi connectivity index (χ2n) is 12.9. The number of anilines is 3. The fraction of sp³-hybridized carbons (Fsp3) is 0. The molecule has 1 heteroatoms. The van der Waals surface area contributed by atoms with Crippen LogP contribution in [0.5, 0.6) is 0 Å². The van der Waals surface area contributed by atoms with Crippen molar-refractivity contribution in [2.45, 2.75) is 0 Å². The first-order valence-electron chi connectivity index (χ1n) is 17.5. The van der Waals surface area contributed by atoms with Gasteiger partial charge in [0.25, 0.3) is 0 Å². The SMILES string of the molecule is c1ccc(-c2ccc(N(c3ccc(-c4ccc5ccccc5c4)cc3)c3ccccc3-c3cccc4cccc(-c5ccccc5)c34)cc2)cc1. The Hall–Kier alpha value is -6.70. The summed E-state index contributed by atoms with van der Waals surface area (Å²) in [5, 5.41) is 4.98. The Morgan fingerprint density at radius 3 is 1.41 bits per heavy atom. The van der Waals surface area contributed by atoms with Gasteiger partial charge in [-0.05, 0) is 96.9 Å². The Kier molecular flexibility index (Phi) is 7.92. The summed E-state index contributed by atoms with van der Waals surface area (Å²) in [7, 11) is 0. The highest BCUT2D eigenvalue weighted by atomic mass is 15.1. The molecular weight excluding hydrogens is 615 g/mol. The third-order valence-electron chi connectivity index (χ3n) is 9.87. The average Bonchev–Trinajstić information content (AvgIpc) is 3.22. The van der Waals surface area contributed by atoms with Crippen LogP contribution in [-0.2, 0) is 0 Å². The van der Waals surface area contributed by atoms with Gasteiger partial charge in [0.05, 0.1) is 5.69 Å². The van der Waals surface area contributed by atoms with E-state index in [1.54, 1.807) is 0 Å². The van der Waals surface area contributed by atoms with Crippen molar-refractivity contribution in [3.05, 3.63) is 212 Å². The molecule has 0 bridgehead atoms. The van der Waals surface area contributed by atoms with Gasteiger partial charge < -0.3 is 4.90 Å². The van der Waals surface area contributed by atoms with Crippen molar-refractivity contribution in [1.82, 2.24) is 0 Å². The molecule has 0 radical (unpaired) electrons. The summed E-state index contributed by atoms with van der Waals surface area (Å²) in [5.74, 6) is 0. The van der Waals surface area contributed by atoms with Crippen molar-refractivity contribution < 1.29 is 0 Å². The van der Waals surface area contributed by atoms with E-state index in [-0.39, 0.29) is 0 Å². The van der Waals surface area contributed by atoms with E-state index < -0.39 is 0 Å². The molecule has 9 aromatic carbocycles. The summed E-state index contributed by atoms with van der Waals surface area (Å²) < 4.78 is 0. The first kappa shape index (κ1) is 30.4. The summed E-state index contributed by atoms with van der Waals surface area (Å²) in [6.45, 7) is 0. The lowest BCUT2D eigenvalue weighted by Crippen LogP contribution is -2.11. The minimum atomic E-state index is 1.10. The lowest BCUT2D eigenvalue weighted by Gasteiger charge is -2.29. The topological polar surface area (TPSA) is 3.24 Å². The van der Waals surface area contributed by atoms with Gasteiger partial charge in [-0.1, -0.05) is 176 Å². The fourth-order valence-electron chi connectivity index (χ4n) is 7.35. The van der Waals surface area contributed by atoms with E-state index in [0.29, 0.717) is 0 Å². The molecule has 0 N–H and O–H groups in total. The smallest absolute Gasteiger partial charge is 0.0540 e. The predicted molar refractivity (Wildman–Crippen MR) is 218 cm³/mol. The van der Waals surface area contributed by atoms with Crippen LogP contribution < -0.4 is 4.90 Å². The van der Waals surface area contributed by atoms with E-state index in [9.17, 15) is 0 Å². The van der Waals surface area contributed by atoms with Crippen LogP contribution in [0.3, 0.4) is 0 Å². The molecule has 0 heterocycles. The molecule has 0 amide bonds. The van der Waals surface area contributed by atoms with Crippen molar-refractivity contribution >= 4 is 38.6 Å². The lowest BCUT2D eigenvalue weighted by molar-refractivity contribution is 1.28. The van der Waals surface area contributed by atoms with E-state index in [1.807, 2.05) is 0 Å². The number of nitrogens with zero attached hydrogens (tertiary/aromatic N) is 1. The average molecular weight is 650 g/mol. The maximum absolute atomic E-state index is 2.40. The van der Waals surface area contributed by atoms with Crippen molar-refractivity contribution in [2.24, 2.45) is 0 Å². The van der Waals surface area contributed by atoms with Crippen LogP contribution in [0.4, 0.5) is 17.1 Å². The molecule has 0 atom stereocenters. The van der Waals surface area contributed by atoms with Crippen LogP contribution in [0, 0.1) is 0 Å². The van der Waals surface area contributed by atoms with Gasteiger partial charge in [-0.2, -0.15) is 0 Å². The predicted octanol–water partition coefficient (Wildman–Crippen LogP) is 14.1. The maximum Gasteiger partial charge on any atom is 0.0540 e. The van der Waals surface area contributed by atoms with Crippen molar-refractivity contribution in [3.8, 4) is 44.5 Å². The Labute approximate surface area is 299 Å². The zero-order valence-electron chi connectivity index (χ0n) is 28.2. The standard InChI is InChI=1S/C50H35N/c1-3-13-36(14-4-1)38-27-31-44(32-28-38)51(45-33-29-39(30-34-45)43-26-25-37-15-7-8-18-42(37)35-43)49-24-10-9-21-47(49)48-23-12-20-41-19-11-22-46(50(41)48)40-16-5-2-6-17-40/h1-35H. The molecule has 51 heavy (non-hydrogen) atoms. The third kappa shape index (κ3) is 5.86. The third-order valence-corrected chi connectivity index (χ3v) is 9.87. The van der Waals surface area contributed by atoms with Gasteiger partial charge in [0.1, 0.15) is 0 Å². The van der Waals surface area contributed by atoms with Crippen LogP contribution in [-0.4, -0.2) is 0 Å². The summed E-state index contributed by atoms with van der Waals surface area (Å²) in [4.78, 5) is 2.40. The van der Waals surface area contributed by atoms with E-state index in [4.69, 9.17) is 0 Å². The molecule has 0 aliphatic heterocycles. The highest BCUT2D eigenvalue weighted by molar-refractivity contribution is 6.08. The van der Waals surface area contributed by atoms with Crippen molar-refractivity contribution in [1.29, 1.82) is 0 Å². The summed E-state index contributed by atoms with van der Waals surface area (Å²) in [6, 6.07) is 76.7. The van der Waals surface area contributed by atoms with Gasteiger partial charge >= 0.3 is 0 Å². The number of benzene rings is 9. The number of fused-ring (bicyclic) bond motifs is 2. The minimum Gasteiger partial charge on any atom is -0.310 e. The quantitative estimate of drug-likeness (QED) is 0.166. The molecule has 9 rings (SSSR count). The Bertz CT molecular complexity index is 2600. The summed E-state index contributed by atoms with van der Waals surface area (Å²) in [5.41, 5.74) is 13.0. The summed E-state index contributed by atoms with van der Waals surface area (Å²) in [6.07, 6.45) is 0. The molecule has 0 unspecified atom stereocenters. The highest BCUT2D eigenvalue weighted by Gasteiger charge is 2.20. The molecule has 0 saturated carbocycles. The highest BCUT2D eigenvalue weighted by Crippen LogP contribution is 2.45. The second kappa shape index (κ2) is 13.3. The van der Waals surface area contributed by atoms with Crippen LogP contribution in [0.1, 0.15) is 0 Å². The van der Waals surface area contributed by atoms with Gasteiger partial charge in [-0.15, -0.1) is 0 Å². The van der Waals surface area contributed by atoms with Crippen LogP contribution in [0.25, 0.3) is 66.1 Å². The second-order valence-corrected chi connectivity index (χ2v) is 12.9. The van der Waals surface area contributed by atoms with Gasteiger partial charge in [-0.25, -0.2) is 0 Å². The number of hydrogen-bond donors (Lipinski definition) is 0. The lowest BCUT2D eigenvalue weighted by atomic mass is 9.90. The Morgan fingerprint density at radius 2 is 0.725 bits per heavy atom. The molecule has 0 spiro atoms. The molecule has 0 aliphatic rings. The first-order valence-corrected chi connectivity index (χ1v) is 17.5. The van der Waals surface area contributed by atoms with E-state index in [2.05, 4.69) is 217 Å². The van der Waals surface area contributed by atoms with E-state index in [1.165, 1.54) is 66.1 Å². The molecule has 0 aromatic heterocycles. The van der Waals surface area contributed by atoms with Crippen LogP contribution >= 0.6 is 0 Å². The normalized spacial score (nSPS) is 11.1. The monoisotopic (exact) mass is 649 g/mol. The van der Waals surface area contributed by atoms with E-state index >= 15 is 0 Å². The number of rotatable bonds is 7. The molecule has 1 nitrogen and oxygen atoms in total. The summed E-state index contributed by atoms with van der Waals surface area (Å²) >= 11 is 0. The van der Waals surface area contributed by atoms with E-state index in [0.717, 1.165) is 17.1 Å². The van der Waals surface area contributed by atoms with Crippen LogP contribution in [0.2, 0.25) is 0 Å². The van der Waals surface area contributed by atoms with Gasteiger partial charge in [0, 0.05) is 16.9 Å². The largest absolute Gasteiger partial charge is 0.310 e. The van der Waals surface area contributed by atoms with Crippen molar-refractivity contribution in [3.63, 3.8) is 0 Å². The number of hydrogen-bond acceptors (Lipinski definition) is 1. The zero-order chi connectivity index (χ0) is 34.0. The van der Waals surface area contributed by atoms with Crippen molar-refractivity contribution in [2.75, 3.05) is 4.90 Å². The zero-order valence-corrected chi connectivity index (χ0v) is 28.2. The van der Waals surface area contributed by atoms with Gasteiger partial charge in [0.2, 0.25) is 0 Å². The molecule has 9 aromatic rings. The van der Waals surface area contributed by atoms with Gasteiger partial charge in [0.15, 0.2) is 0 Å². The maximum atomic E-state index is 2.40. The molecule has 0 fully saturated rings. The molecular formula is C50H35N. The Balaban J connectivity index is 1.21. The molecule has 0 aliphatic carbocycles. The number of para-hydroxylation sites is 1. The Morgan fingerprint density at radius 1 is 0.255 bits per heavy atom.